The fourth-order valence-corrected chi connectivity index (χ4v) is 5.20. The number of carbonyl (C=O) groups is 1. The summed E-state index contributed by atoms with van der Waals surface area (Å²) >= 11 is 0. The van der Waals surface area contributed by atoms with Crippen molar-refractivity contribution in [3.63, 3.8) is 0 Å². The monoisotopic (exact) mass is 403 g/mol. The molecule has 1 fully saturated rings. The average molecular weight is 404 g/mol. The number of pyridine rings is 1. The highest BCUT2D eigenvalue weighted by Gasteiger charge is 2.33. The van der Waals surface area contributed by atoms with Crippen molar-refractivity contribution >= 4 is 21.7 Å². The molecule has 0 atom stereocenters. The van der Waals surface area contributed by atoms with Crippen molar-refractivity contribution in [2.75, 3.05) is 24.5 Å². The average Bonchev–Trinajstić information content (AvgIpc) is 2.72. The highest BCUT2D eigenvalue weighted by atomic mass is 32.2. The number of nitrogens with one attached hydrogen (secondary N) is 1. The van der Waals surface area contributed by atoms with Crippen LogP contribution in [0.2, 0.25) is 0 Å². The lowest BCUT2D eigenvalue weighted by Gasteiger charge is -2.31. The first kappa shape index (κ1) is 20.3. The van der Waals surface area contributed by atoms with Gasteiger partial charge < -0.3 is 10.1 Å². The Labute approximate surface area is 165 Å². The minimum absolute atomic E-state index is 0.108. The number of nitrogens with zero attached hydrogens (tertiary/aromatic N) is 2. The van der Waals surface area contributed by atoms with Gasteiger partial charge in [0.05, 0.1) is 35.8 Å². The van der Waals surface area contributed by atoms with Gasteiger partial charge in [-0.2, -0.15) is 0 Å². The van der Waals surface area contributed by atoms with E-state index in [-0.39, 0.29) is 6.54 Å². The maximum Gasteiger partial charge on any atom is 0.339 e. The molecule has 1 saturated heterocycles. The van der Waals surface area contributed by atoms with Crippen molar-refractivity contribution in [2.45, 2.75) is 31.6 Å². The van der Waals surface area contributed by atoms with Gasteiger partial charge in [-0.05, 0) is 62.7 Å². The first-order chi connectivity index (χ1) is 13.4. The molecule has 150 valence electrons. The number of benzene rings is 1. The number of carbonyl (C=O) groups excluding carboxylic acids is 1. The van der Waals surface area contributed by atoms with Crippen LogP contribution >= 0.6 is 0 Å². The maximum absolute atomic E-state index is 13.4. The molecule has 1 aliphatic rings. The molecule has 0 spiro atoms. The summed E-state index contributed by atoms with van der Waals surface area (Å²) in [5.41, 5.74) is 2.50. The number of rotatable bonds is 6. The number of piperidine rings is 1. The topological polar surface area (TPSA) is 88.6 Å². The lowest BCUT2D eigenvalue weighted by atomic mass is 10.2. The molecule has 1 N–H and O–H groups in total. The van der Waals surface area contributed by atoms with E-state index in [0.717, 1.165) is 5.56 Å². The zero-order valence-corrected chi connectivity index (χ0v) is 16.9. The van der Waals surface area contributed by atoms with Crippen molar-refractivity contribution in [1.29, 1.82) is 0 Å². The van der Waals surface area contributed by atoms with Crippen molar-refractivity contribution in [2.24, 2.45) is 0 Å². The van der Waals surface area contributed by atoms with Gasteiger partial charge in [0, 0.05) is 6.20 Å². The molecular weight excluding hydrogens is 378 g/mol. The molecule has 2 aromatic rings. The number of esters is 1. The first-order valence-corrected chi connectivity index (χ1v) is 10.7. The van der Waals surface area contributed by atoms with E-state index >= 15 is 0 Å². The first-order valence-electron chi connectivity index (χ1n) is 9.24. The van der Waals surface area contributed by atoms with E-state index in [0.29, 0.717) is 42.9 Å². The fraction of sp³-hybridized carbons (Fsp3) is 0.400. The molecule has 1 aliphatic heterocycles. The summed E-state index contributed by atoms with van der Waals surface area (Å²) in [6.07, 6.45) is 2.57. The van der Waals surface area contributed by atoms with Crippen LogP contribution in [0.25, 0.3) is 0 Å². The van der Waals surface area contributed by atoms with Gasteiger partial charge in [-0.1, -0.05) is 12.1 Å². The van der Waals surface area contributed by atoms with Crippen LogP contribution in [0.3, 0.4) is 0 Å². The molecule has 0 unspecified atom stereocenters. The Hall–Kier alpha value is -2.45. The van der Waals surface area contributed by atoms with E-state index < -0.39 is 21.2 Å². The SMILES string of the molecule is COC(=O)c1ccc(CN(c2cccc(C)c2)S(=O)(=O)C2CCNCC2)nc1. The number of sulfonamides is 1. The lowest BCUT2D eigenvalue weighted by molar-refractivity contribution is 0.0600. The number of methoxy groups -OCH3 is 1. The predicted molar refractivity (Wildman–Crippen MR) is 108 cm³/mol. The zero-order valence-electron chi connectivity index (χ0n) is 16.1. The highest BCUT2D eigenvalue weighted by Crippen LogP contribution is 2.27. The van der Waals surface area contributed by atoms with Crippen molar-refractivity contribution in [3.8, 4) is 0 Å². The predicted octanol–water partition coefficient (Wildman–Crippen LogP) is 2.27. The van der Waals surface area contributed by atoms with Crippen LogP contribution in [0.1, 0.15) is 34.5 Å². The summed E-state index contributed by atoms with van der Waals surface area (Å²) in [5.74, 6) is -0.475. The molecule has 2 heterocycles. The number of aryl methyl sites for hydroxylation is 1. The molecule has 0 amide bonds. The van der Waals surface area contributed by atoms with Crippen LogP contribution in [0.15, 0.2) is 42.6 Å². The van der Waals surface area contributed by atoms with Gasteiger partial charge in [0.2, 0.25) is 10.0 Å². The summed E-state index contributed by atoms with van der Waals surface area (Å²) in [4.78, 5) is 15.9. The Kier molecular flexibility index (Phi) is 6.31. The van der Waals surface area contributed by atoms with Crippen LogP contribution in [0, 0.1) is 6.92 Å². The van der Waals surface area contributed by atoms with Crippen LogP contribution in [0.5, 0.6) is 0 Å². The molecule has 0 radical (unpaired) electrons. The Morgan fingerprint density at radius 3 is 2.61 bits per heavy atom. The third-order valence-corrected chi connectivity index (χ3v) is 7.12. The van der Waals surface area contributed by atoms with E-state index in [1.54, 1.807) is 18.2 Å². The minimum atomic E-state index is -3.56. The largest absolute Gasteiger partial charge is 0.465 e. The van der Waals surface area contributed by atoms with Crippen molar-refractivity contribution in [3.05, 3.63) is 59.4 Å². The van der Waals surface area contributed by atoms with E-state index in [4.69, 9.17) is 0 Å². The molecule has 8 heteroatoms. The highest BCUT2D eigenvalue weighted by molar-refractivity contribution is 7.93. The Morgan fingerprint density at radius 2 is 2.00 bits per heavy atom. The Morgan fingerprint density at radius 1 is 1.25 bits per heavy atom. The molecule has 7 nitrogen and oxygen atoms in total. The van der Waals surface area contributed by atoms with Gasteiger partial charge in [-0.25, -0.2) is 13.2 Å². The second kappa shape index (κ2) is 8.70. The van der Waals surface area contributed by atoms with E-state index in [9.17, 15) is 13.2 Å². The smallest absolute Gasteiger partial charge is 0.339 e. The van der Waals surface area contributed by atoms with Gasteiger partial charge in [-0.3, -0.25) is 9.29 Å². The summed E-state index contributed by atoms with van der Waals surface area (Å²) in [6.45, 7) is 3.43. The summed E-state index contributed by atoms with van der Waals surface area (Å²) in [5, 5.41) is 2.78. The standard InChI is InChI=1S/C20H25N3O4S/c1-15-4-3-5-18(12-15)23(28(25,26)19-8-10-21-11-9-19)14-17-7-6-16(13-22-17)20(24)27-2/h3-7,12-13,19,21H,8-11,14H2,1-2H3. The fourth-order valence-electron chi connectivity index (χ4n) is 3.29. The zero-order chi connectivity index (χ0) is 20.1. The number of ether oxygens (including phenoxy) is 1. The van der Waals surface area contributed by atoms with Crippen LogP contribution in [0.4, 0.5) is 5.69 Å². The Balaban J connectivity index is 1.93. The van der Waals surface area contributed by atoms with Gasteiger partial charge in [0.25, 0.3) is 0 Å². The third-order valence-electron chi connectivity index (χ3n) is 4.86. The number of anilines is 1. The van der Waals surface area contributed by atoms with Crippen LogP contribution in [-0.4, -0.2) is 44.8 Å². The van der Waals surface area contributed by atoms with E-state index in [2.05, 4.69) is 15.0 Å². The summed E-state index contributed by atoms with van der Waals surface area (Å²) in [6, 6.07) is 10.7. The minimum Gasteiger partial charge on any atom is -0.465 e. The normalized spacial score (nSPS) is 15.2. The lowest BCUT2D eigenvalue weighted by Crippen LogP contribution is -2.44. The van der Waals surface area contributed by atoms with Gasteiger partial charge in [0.15, 0.2) is 0 Å². The number of hydrogen-bond acceptors (Lipinski definition) is 6. The molecular formula is C20H25N3O4S. The molecule has 0 saturated carbocycles. The third kappa shape index (κ3) is 4.51. The van der Waals surface area contributed by atoms with E-state index in [1.807, 2.05) is 25.1 Å². The van der Waals surface area contributed by atoms with Crippen LogP contribution < -0.4 is 9.62 Å². The van der Waals surface area contributed by atoms with Gasteiger partial charge >= 0.3 is 5.97 Å². The van der Waals surface area contributed by atoms with Crippen molar-refractivity contribution in [1.82, 2.24) is 10.3 Å². The number of hydrogen-bond donors (Lipinski definition) is 1. The molecule has 3 rings (SSSR count). The second-order valence-electron chi connectivity index (χ2n) is 6.87. The maximum atomic E-state index is 13.4. The molecule has 1 aromatic carbocycles. The molecule has 1 aromatic heterocycles. The van der Waals surface area contributed by atoms with Crippen LogP contribution in [-0.2, 0) is 21.3 Å². The van der Waals surface area contributed by atoms with Crippen molar-refractivity contribution < 1.29 is 17.9 Å². The van der Waals surface area contributed by atoms with E-state index in [1.165, 1.54) is 17.6 Å². The number of aromatic nitrogens is 1. The van der Waals surface area contributed by atoms with Gasteiger partial charge in [0.1, 0.15) is 0 Å². The summed E-state index contributed by atoms with van der Waals surface area (Å²) < 4.78 is 33.0. The van der Waals surface area contributed by atoms with Gasteiger partial charge in [-0.15, -0.1) is 0 Å². The second-order valence-corrected chi connectivity index (χ2v) is 9.01. The summed E-state index contributed by atoms with van der Waals surface area (Å²) in [7, 11) is -2.25. The molecule has 0 aliphatic carbocycles. The molecule has 28 heavy (non-hydrogen) atoms. The quantitative estimate of drug-likeness (QED) is 0.745. The Bertz CT molecular complexity index is 923. The molecule has 0 bridgehead atoms.